The van der Waals surface area contributed by atoms with Gasteiger partial charge in [0.15, 0.2) is 0 Å². The SMILES string of the molecule is CN(C)C(=O)c1cccc(CNC(=O)C[C@@H]2CCc3ccccc32)c1. The first kappa shape index (κ1) is 17.2. The van der Waals surface area contributed by atoms with Crippen LogP contribution in [0.4, 0.5) is 0 Å². The van der Waals surface area contributed by atoms with Crippen molar-refractivity contribution in [2.75, 3.05) is 14.1 Å². The van der Waals surface area contributed by atoms with E-state index in [1.807, 2.05) is 24.3 Å². The largest absolute Gasteiger partial charge is 0.352 e. The standard InChI is InChI=1S/C21H24N2O2/c1-23(2)21(25)18-8-5-6-15(12-18)14-22-20(24)13-17-11-10-16-7-3-4-9-19(16)17/h3-9,12,17H,10-11,13-14H2,1-2H3,(H,22,24)/t17-/m0/s1. The molecule has 1 aliphatic carbocycles. The van der Waals surface area contributed by atoms with E-state index < -0.39 is 0 Å². The summed E-state index contributed by atoms with van der Waals surface area (Å²) in [5.41, 5.74) is 4.26. The van der Waals surface area contributed by atoms with E-state index in [2.05, 4.69) is 23.5 Å². The molecule has 0 bridgehead atoms. The molecule has 1 aliphatic rings. The lowest BCUT2D eigenvalue weighted by Crippen LogP contribution is -2.25. The van der Waals surface area contributed by atoms with Crippen molar-refractivity contribution in [3.8, 4) is 0 Å². The third kappa shape index (κ3) is 4.08. The van der Waals surface area contributed by atoms with Gasteiger partial charge >= 0.3 is 0 Å². The lowest BCUT2D eigenvalue weighted by Gasteiger charge is -2.13. The van der Waals surface area contributed by atoms with Gasteiger partial charge in [-0.2, -0.15) is 0 Å². The van der Waals surface area contributed by atoms with Crippen LogP contribution >= 0.6 is 0 Å². The van der Waals surface area contributed by atoms with Crippen LogP contribution in [-0.2, 0) is 17.8 Å². The van der Waals surface area contributed by atoms with Crippen molar-refractivity contribution in [3.05, 3.63) is 70.8 Å². The zero-order valence-electron chi connectivity index (χ0n) is 14.8. The van der Waals surface area contributed by atoms with E-state index in [9.17, 15) is 9.59 Å². The molecule has 0 unspecified atom stereocenters. The quantitative estimate of drug-likeness (QED) is 0.912. The number of rotatable bonds is 5. The monoisotopic (exact) mass is 336 g/mol. The molecule has 1 N–H and O–H groups in total. The summed E-state index contributed by atoms with van der Waals surface area (Å²) in [6, 6.07) is 15.8. The minimum absolute atomic E-state index is 0.0317. The van der Waals surface area contributed by atoms with Crippen LogP contribution in [0.5, 0.6) is 0 Å². The number of aryl methyl sites for hydroxylation is 1. The fourth-order valence-electron chi connectivity index (χ4n) is 3.43. The van der Waals surface area contributed by atoms with E-state index in [-0.39, 0.29) is 11.8 Å². The van der Waals surface area contributed by atoms with Gasteiger partial charge in [-0.05, 0) is 47.6 Å². The average Bonchev–Trinajstić information content (AvgIpc) is 3.02. The molecule has 0 aromatic heterocycles. The highest BCUT2D eigenvalue weighted by atomic mass is 16.2. The Balaban J connectivity index is 1.57. The molecule has 0 fully saturated rings. The van der Waals surface area contributed by atoms with Gasteiger partial charge < -0.3 is 10.2 Å². The maximum absolute atomic E-state index is 12.3. The molecule has 2 aromatic carbocycles. The van der Waals surface area contributed by atoms with Gasteiger partial charge in [0.05, 0.1) is 0 Å². The van der Waals surface area contributed by atoms with Crippen molar-refractivity contribution in [2.45, 2.75) is 31.7 Å². The Morgan fingerprint density at radius 1 is 1.12 bits per heavy atom. The van der Waals surface area contributed by atoms with Crippen molar-refractivity contribution in [1.29, 1.82) is 0 Å². The number of nitrogens with zero attached hydrogens (tertiary/aromatic N) is 1. The molecule has 0 radical (unpaired) electrons. The van der Waals surface area contributed by atoms with E-state index in [0.29, 0.717) is 24.4 Å². The molecule has 0 aliphatic heterocycles. The van der Waals surface area contributed by atoms with Crippen LogP contribution in [-0.4, -0.2) is 30.8 Å². The Bertz CT molecular complexity index is 783. The molecule has 2 amide bonds. The van der Waals surface area contributed by atoms with Crippen molar-refractivity contribution >= 4 is 11.8 Å². The summed E-state index contributed by atoms with van der Waals surface area (Å²) in [5, 5.41) is 2.99. The third-order valence-electron chi connectivity index (χ3n) is 4.76. The zero-order valence-corrected chi connectivity index (χ0v) is 14.8. The maximum Gasteiger partial charge on any atom is 0.253 e. The number of benzene rings is 2. The molecule has 4 heteroatoms. The van der Waals surface area contributed by atoms with Crippen LogP contribution in [0.3, 0.4) is 0 Å². The number of amides is 2. The van der Waals surface area contributed by atoms with Gasteiger partial charge in [0.2, 0.25) is 5.91 Å². The number of carbonyl (C=O) groups excluding carboxylic acids is 2. The summed E-state index contributed by atoms with van der Waals surface area (Å²) in [6.07, 6.45) is 2.62. The van der Waals surface area contributed by atoms with Crippen LogP contribution in [0.25, 0.3) is 0 Å². The summed E-state index contributed by atoms with van der Waals surface area (Å²) < 4.78 is 0. The molecule has 0 spiro atoms. The van der Waals surface area contributed by atoms with Gasteiger partial charge in [-0.3, -0.25) is 9.59 Å². The van der Waals surface area contributed by atoms with Gasteiger partial charge in [-0.15, -0.1) is 0 Å². The number of fused-ring (bicyclic) bond motifs is 1. The van der Waals surface area contributed by atoms with Crippen molar-refractivity contribution < 1.29 is 9.59 Å². The third-order valence-corrected chi connectivity index (χ3v) is 4.76. The first-order valence-electron chi connectivity index (χ1n) is 8.69. The van der Waals surface area contributed by atoms with E-state index in [1.54, 1.807) is 25.1 Å². The fraction of sp³-hybridized carbons (Fsp3) is 0.333. The summed E-state index contributed by atoms with van der Waals surface area (Å²) in [6.45, 7) is 0.446. The Labute approximate surface area is 148 Å². The van der Waals surface area contributed by atoms with Gasteiger partial charge in [0.1, 0.15) is 0 Å². The normalized spacial score (nSPS) is 15.5. The van der Waals surface area contributed by atoms with Crippen LogP contribution in [0, 0.1) is 0 Å². The highest BCUT2D eigenvalue weighted by Crippen LogP contribution is 2.35. The highest BCUT2D eigenvalue weighted by Gasteiger charge is 2.24. The molecule has 4 nitrogen and oxygen atoms in total. The molecule has 1 atom stereocenters. The smallest absolute Gasteiger partial charge is 0.253 e. The van der Waals surface area contributed by atoms with Crippen LogP contribution in [0.15, 0.2) is 48.5 Å². The van der Waals surface area contributed by atoms with E-state index in [1.165, 1.54) is 11.1 Å². The second-order valence-electron chi connectivity index (χ2n) is 6.82. The summed E-state index contributed by atoms with van der Waals surface area (Å²) >= 11 is 0. The van der Waals surface area contributed by atoms with E-state index in [0.717, 1.165) is 18.4 Å². The first-order valence-corrected chi connectivity index (χ1v) is 8.69. The zero-order chi connectivity index (χ0) is 17.8. The fourth-order valence-corrected chi connectivity index (χ4v) is 3.43. The molecular weight excluding hydrogens is 312 g/mol. The van der Waals surface area contributed by atoms with Gasteiger partial charge in [-0.1, -0.05) is 36.4 Å². The molecule has 0 heterocycles. The minimum Gasteiger partial charge on any atom is -0.352 e. The number of hydrogen-bond donors (Lipinski definition) is 1. The van der Waals surface area contributed by atoms with Crippen LogP contribution < -0.4 is 5.32 Å². The Morgan fingerprint density at radius 2 is 1.92 bits per heavy atom. The number of nitrogens with one attached hydrogen (secondary N) is 1. The summed E-state index contributed by atoms with van der Waals surface area (Å²) in [4.78, 5) is 25.9. The van der Waals surface area contributed by atoms with E-state index >= 15 is 0 Å². The van der Waals surface area contributed by atoms with Crippen LogP contribution in [0.2, 0.25) is 0 Å². The summed E-state index contributed by atoms with van der Waals surface area (Å²) in [7, 11) is 3.46. The van der Waals surface area contributed by atoms with Crippen LogP contribution in [0.1, 0.15) is 45.8 Å². The maximum atomic E-state index is 12.3. The molecule has 0 saturated carbocycles. The number of carbonyl (C=O) groups is 2. The average molecular weight is 336 g/mol. The highest BCUT2D eigenvalue weighted by molar-refractivity contribution is 5.94. The van der Waals surface area contributed by atoms with Gasteiger partial charge in [0.25, 0.3) is 5.91 Å². The van der Waals surface area contributed by atoms with E-state index in [4.69, 9.17) is 0 Å². The molecule has 130 valence electrons. The molecule has 0 saturated heterocycles. The summed E-state index contributed by atoms with van der Waals surface area (Å²) in [5.74, 6) is 0.347. The first-order chi connectivity index (χ1) is 12.0. The van der Waals surface area contributed by atoms with Gasteiger partial charge in [0, 0.05) is 32.6 Å². The lowest BCUT2D eigenvalue weighted by molar-refractivity contribution is -0.121. The number of hydrogen-bond acceptors (Lipinski definition) is 2. The second kappa shape index (κ2) is 7.51. The Morgan fingerprint density at radius 3 is 2.72 bits per heavy atom. The predicted molar refractivity (Wildman–Crippen MR) is 98.4 cm³/mol. The minimum atomic E-state index is -0.0317. The lowest BCUT2D eigenvalue weighted by atomic mass is 9.97. The topological polar surface area (TPSA) is 49.4 Å². The molecule has 3 rings (SSSR count). The molecule has 25 heavy (non-hydrogen) atoms. The Hall–Kier alpha value is -2.62. The van der Waals surface area contributed by atoms with Crippen molar-refractivity contribution in [2.24, 2.45) is 0 Å². The second-order valence-corrected chi connectivity index (χ2v) is 6.82. The Kier molecular flexibility index (Phi) is 5.17. The molecule has 2 aromatic rings. The van der Waals surface area contributed by atoms with Gasteiger partial charge in [-0.25, -0.2) is 0 Å². The predicted octanol–water partition coefficient (Wildman–Crippen LogP) is 3.12. The van der Waals surface area contributed by atoms with Crippen molar-refractivity contribution in [3.63, 3.8) is 0 Å². The van der Waals surface area contributed by atoms with Crippen molar-refractivity contribution in [1.82, 2.24) is 10.2 Å². The molecular formula is C21H24N2O2.